The standard InChI is InChI=1S/C24H50O4Si2/c1-11-29(12-2)27-22(23(5,6)7)21-17-15-20(25)26-18(17)16-19(21)28-30(13-3,14-4)24(8,9)10/h17-22,25,29H,11-16H2,1-10H3/t17-,18-,19+,20?,21-,22?/m1/s1. The van der Waals surface area contributed by atoms with Crippen molar-refractivity contribution in [3.8, 4) is 0 Å². The zero-order chi connectivity index (χ0) is 22.9. The van der Waals surface area contributed by atoms with E-state index in [1.54, 1.807) is 0 Å². The third kappa shape index (κ3) is 5.42. The van der Waals surface area contributed by atoms with Crippen molar-refractivity contribution in [1.29, 1.82) is 0 Å². The molecule has 1 aliphatic heterocycles. The summed E-state index contributed by atoms with van der Waals surface area (Å²) in [4.78, 5) is 0. The summed E-state index contributed by atoms with van der Waals surface area (Å²) in [6.07, 6.45) is 1.42. The Morgan fingerprint density at radius 3 is 2.00 bits per heavy atom. The maximum atomic E-state index is 10.3. The highest BCUT2D eigenvalue weighted by Crippen LogP contribution is 2.52. The van der Waals surface area contributed by atoms with E-state index in [-0.39, 0.29) is 28.8 Å². The third-order valence-electron chi connectivity index (χ3n) is 8.01. The van der Waals surface area contributed by atoms with E-state index >= 15 is 0 Å². The van der Waals surface area contributed by atoms with Crippen LogP contribution in [0.2, 0.25) is 29.2 Å². The Kier molecular flexibility index (Phi) is 8.88. The van der Waals surface area contributed by atoms with E-state index in [2.05, 4.69) is 69.2 Å². The van der Waals surface area contributed by atoms with Crippen molar-refractivity contribution in [3.63, 3.8) is 0 Å². The van der Waals surface area contributed by atoms with Crippen molar-refractivity contribution in [2.45, 2.75) is 136 Å². The van der Waals surface area contributed by atoms with E-state index < -0.39 is 23.6 Å². The highest BCUT2D eigenvalue weighted by atomic mass is 28.4. The van der Waals surface area contributed by atoms with Gasteiger partial charge in [0.2, 0.25) is 0 Å². The first-order chi connectivity index (χ1) is 13.8. The van der Waals surface area contributed by atoms with Gasteiger partial charge >= 0.3 is 0 Å². The maximum Gasteiger partial charge on any atom is 0.197 e. The lowest BCUT2D eigenvalue weighted by atomic mass is 9.75. The topological polar surface area (TPSA) is 47.9 Å². The number of rotatable bonds is 9. The molecule has 2 rings (SSSR count). The molecule has 0 radical (unpaired) electrons. The molecule has 2 unspecified atom stereocenters. The second-order valence-corrected chi connectivity index (χ2v) is 20.1. The van der Waals surface area contributed by atoms with Crippen LogP contribution < -0.4 is 0 Å². The van der Waals surface area contributed by atoms with Crippen LogP contribution in [-0.2, 0) is 13.6 Å². The van der Waals surface area contributed by atoms with Crippen molar-refractivity contribution in [2.24, 2.45) is 17.3 Å². The molecule has 0 bridgehead atoms. The number of aliphatic hydroxyl groups is 1. The molecular weight excluding hydrogens is 408 g/mol. The average Bonchev–Trinajstić information content (AvgIpc) is 3.14. The molecule has 2 aliphatic rings. The summed E-state index contributed by atoms with van der Waals surface area (Å²) < 4.78 is 20.2. The van der Waals surface area contributed by atoms with E-state index in [0.29, 0.717) is 11.8 Å². The zero-order valence-electron chi connectivity index (χ0n) is 21.5. The van der Waals surface area contributed by atoms with Crippen LogP contribution in [-0.4, -0.2) is 47.1 Å². The molecule has 6 heteroatoms. The summed E-state index contributed by atoms with van der Waals surface area (Å²) in [6, 6.07) is 4.60. The second-order valence-electron chi connectivity index (χ2n) is 11.8. The summed E-state index contributed by atoms with van der Waals surface area (Å²) in [5.74, 6) is 0.630. The SMILES string of the molecule is CC[SiH](CC)OC([C@@H]1[C@@H]2CC(O)O[C@@H]2C[C@@H]1O[Si](CC)(CC)C(C)(C)C)C(C)(C)C. The van der Waals surface area contributed by atoms with Crippen molar-refractivity contribution in [1.82, 2.24) is 0 Å². The fourth-order valence-electron chi connectivity index (χ4n) is 6.09. The summed E-state index contributed by atoms with van der Waals surface area (Å²) in [7, 11) is -3.18. The fraction of sp³-hybridized carbons (Fsp3) is 1.00. The van der Waals surface area contributed by atoms with Crippen LogP contribution in [0.25, 0.3) is 0 Å². The lowest BCUT2D eigenvalue weighted by molar-refractivity contribution is -0.0955. The van der Waals surface area contributed by atoms with Gasteiger partial charge in [0.1, 0.15) is 0 Å². The lowest BCUT2D eigenvalue weighted by Gasteiger charge is -2.47. The monoisotopic (exact) mass is 458 g/mol. The van der Waals surface area contributed by atoms with Crippen LogP contribution in [0.5, 0.6) is 0 Å². The molecule has 0 aromatic carbocycles. The van der Waals surface area contributed by atoms with Gasteiger partial charge in [-0.1, -0.05) is 69.2 Å². The lowest BCUT2D eigenvalue weighted by Crippen LogP contribution is -2.53. The highest BCUT2D eigenvalue weighted by Gasteiger charge is 2.57. The molecule has 6 atom stereocenters. The van der Waals surface area contributed by atoms with Gasteiger partial charge in [-0.2, -0.15) is 0 Å². The van der Waals surface area contributed by atoms with Crippen LogP contribution in [0.3, 0.4) is 0 Å². The Bertz CT molecular complexity index is 534. The number of ether oxygens (including phenoxy) is 1. The zero-order valence-corrected chi connectivity index (χ0v) is 23.6. The van der Waals surface area contributed by atoms with Gasteiger partial charge in [-0.05, 0) is 47.0 Å². The normalized spacial score (nSPS) is 31.4. The van der Waals surface area contributed by atoms with E-state index in [9.17, 15) is 5.11 Å². The Balaban J connectivity index is 2.43. The first-order valence-corrected chi connectivity index (χ1v) is 16.9. The predicted molar refractivity (Wildman–Crippen MR) is 131 cm³/mol. The third-order valence-corrected chi connectivity index (χ3v) is 16.3. The minimum Gasteiger partial charge on any atom is -0.416 e. The Morgan fingerprint density at radius 1 is 1.00 bits per heavy atom. The van der Waals surface area contributed by atoms with Crippen molar-refractivity contribution < 1.29 is 18.7 Å². The summed E-state index contributed by atoms with van der Waals surface area (Å²) in [5.41, 5.74) is 0.0364. The smallest absolute Gasteiger partial charge is 0.197 e. The van der Waals surface area contributed by atoms with Crippen molar-refractivity contribution in [2.75, 3.05) is 0 Å². The minimum absolute atomic E-state index is 0.0364. The predicted octanol–water partition coefficient (Wildman–Crippen LogP) is 6.10. The Morgan fingerprint density at radius 2 is 1.57 bits per heavy atom. The minimum atomic E-state index is -1.94. The van der Waals surface area contributed by atoms with E-state index in [0.717, 1.165) is 24.9 Å². The van der Waals surface area contributed by atoms with Crippen LogP contribution in [0, 0.1) is 17.3 Å². The molecular formula is C24H50O4Si2. The molecule has 0 aromatic heterocycles. The highest BCUT2D eigenvalue weighted by molar-refractivity contribution is 6.76. The molecule has 30 heavy (non-hydrogen) atoms. The summed E-state index contributed by atoms with van der Waals surface area (Å²) in [5, 5.41) is 10.5. The Hall–Kier alpha value is 0.274. The molecule has 0 aromatic rings. The molecule has 4 nitrogen and oxygen atoms in total. The maximum absolute atomic E-state index is 10.3. The van der Waals surface area contributed by atoms with E-state index in [4.69, 9.17) is 13.6 Å². The molecule has 2 fully saturated rings. The van der Waals surface area contributed by atoms with E-state index in [1.807, 2.05) is 0 Å². The molecule has 1 saturated carbocycles. The average molecular weight is 459 g/mol. The summed E-state index contributed by atoms with van der Waals surface area (Å²) in [6.45, 7) is 23.3. The van der Waals surface area contributed by atoms with Crippen LogP contribution in [0.1, 0.15) is 82.1 Å². The Labute approximate surface area is 189 Å². The van der Waals surface area contributed by atoms with Gasteiger partial charge in [0.05, 0.1) is 18.3 Å². The van der Waals surface area contributed by atoms with Gasteiger partial charge in [-0.3, -0.25) is 0 Å². The molecule has 0 amide bonds. The largest absolute Gasteiger partial charge is 0.416 e. The van der Waals surface area contributed by atoms with Crippen LogP contribution in [0.15, 0.2) is 0 Å². The number of fused-ring (bicyclic) bond motifs is 1. The summed E-state index contributed by atoms with van der Waals surface area (Å²) >= 11 is 0. The van der Waals surface area contributed by atoms with Gasteiger partial charge in [0.15, 0.2) is 23.6 Å². The van der Waals surface area contributed by atoms with Crippen molar-refractivity contribution in [3.05, 3.63) is 0 Å². The first kappa shape index (κ1) is 26.5. The number of hydrogen-bond donors (Lipinski definition) is 1. The molecule has 178 valence electrons. The van der Waals surface area contributed by atoms with Gasteiger partial charge in [0.25, 0.3) is 0 Å². The fourth-order valence-corrected chi connectivity index (χ4v) is 12.2. The molecule has 1 aliphatic carbocycles. The quantitative estimate of drug-likeness (QED) is 0.424. The van der Waals surface area contributed by atoms with Gasteiger partial charge in [0, 0.05) is 12.3 Å². The van der Waals surface area contributed by atoms with Crippen molar-refractivity contribution >= 4 is 17.4 Å². The molecule has 1 N–H and O–H groups in total. The van der Waals surface area contributed by atoms with E-state index in [1.165, 1.54) is 12.1 Å². The number of hydrogen-bond acceptors (Lipinski definition) is 4. The first-order valence-electron chi connectivity index (χ1n) is 12.5. The molecule has 1 heterocycles. The van der Waals surface area contributed by atoms with Gasteiger partial charge in [-0.15, -0.1) is 0 Å². The van der Waals surface area contributed by atoms with Gasteiger partial charge < -0.3 is 18.7 Å². The van der Waals surface area contributed by atoms with Gasteiger partial charge in [-0.25, -0.2) is 0 Å². The molecule has 0 spiro atoms. The number of aliphatic hydroxyl groups excluding tert-OH is 1. The van der Waals surface area contributed by atoms with Crippen LogP contribution in [0.4, 0.5) is 0 Å². The molecule has 1 saturated heterocycles. The van der Waals surface area contributed by atoms with Crippen LogP contribution >= 0.6 is 0 Å². The second kappa shape index (κ2) is 10.0.